The van der Waals surface area contributed by atoms with Crippen molar-refractivity contribution in [2.75, 3.05) is 32.4 Å². The molecule has 0 atom stereocenters. The summed E-state index contributed by atoms with van der Waals surface area (Å²) in [6.45, 7) is 2.30. The van der Waals surface area contributed by atoms with Crippen molar-refractivity contribution in [3.63, 3.8) is 0 Å². The molecule has 1 aromatic carbocycles. The van der Waals surface area contributed by atoms with Gasteiger partial charge in [-0.05, 0) is 50.9 Å². The molecule has 0 heterocycles. The van der Waals surface area contributed by atoms with E-state index in [9.17, 15) is 9.59 Å². The molecule has 1 aliphatic carbocycles. The average Bonchev–Trinajstić information content (AvgIpc) is 2.69. The largest absolute Gasteiger partial charge is 0.355 e. The van der Waals surface area contributed by atoms with E-state index in [0.717, 1.165) is 24.4 Å². The number of benzene rings is 1. The van der Waals surface area contributed by atoms with Crippen LogP contribution in [-0.4, -0.2) is 44.2 Å². The van der Waals surface area contributed by atoms with Crippen molar-refractivity contribution in [1.29, 1.82) is 0 Å². The Morgan fingerprint density at radius 1 is 1.08 bits per heavy atom. The maximum absolute atomic E-state index is 12.4. The fourth-order valence-electron chi connectivity index (χ4n) is 3.19. The molecule has 1 aromatic rings. The van der Waals surface area contributed by atoms with E-state index in [2.05, 4.69) is 16.0 Å². The molecule has 0 saturated heterocycles. The Hall–Kier alpha value is -1.53. The minimum Gasteiger partial charge on any atom is -0.355 e. The molecule has 0 spiro atoms. The zero-order valence-corrected chi connectivity index (χ0v) is 16.5. The van der Waals surface area contributed by atoms with Crippen LogP contribution in [0.15, 0.2) is 29.2 Å². The molecule has 0 bridgehead atoms. The summed E-state index contributed by atoms with van der Waals surface area (Å²) in [7, 11) is 1.90. The molecule has 144 valence electrons. The molecule has 2 rings (SSSR count). The zero-order chi connectivity index (χ0) is 18.6. The highest BCUT2D eigenvalue weighted by atomic mass is 32.2. The lowest BCUT2D eigenvalue weighted by molar-refractivity contribution is -0.118. The molecule has 1 saturated carbocycles. The smallest absolute Gasteiger partial charge is 0.252 e. The third kappa shape index (κ3) is 7.38. The summed E-state index contributed by atoms with van der Waals surface area (Å²) >= 11 is 1.43. The number of carbonyl (C=O) groups excluding carboxylic acids is 2. The van der Waals surface area contributed by atoms with Gasteiger partial charge in [-0.3, -0.25) is 9.59 Å². The second-order valence-electron chi connectivity index (χ2n) is 6.81. The number of hydrogen-bond donors (Lipinski definition) is 3. The predicted molar refractivity (Wildman–Crippen MR) is 108 cm³/mol. The Balaban J connectivity index is 1.77. The van der Waals surface area contributed by atoms with E-state index in [-0.39, 0.29) is 11.8 Å². The van der Waals surface area contributed by atoms with Crippen LogP contribution in [0, 0.1) is 5.92 Å². The van der Waals surface area contributed by atoms with E-state index < -0.39 is 0 Å². The SMILES string of the molecule is CNCCCNC(=O)c1ccccc1SCC(=O)NCC1CCCCC1. The van der Waals surface area contributed by atoms with E-state index in [4.69, 9.17) is 0 Å². The first-order valence-electron chi connectivity index (χ1n) is 9.62. The van der Waals surface area contributed by atoms with Gasteiger partial charge in [0.2, 0.25) is 5.91 Å². The van der Waals surface area contributed by atoms with Gasteiger partial charge in [0.25, 0.3) is 5.91 Å². The second-order valence-corrected chi connectivity index (χ2v) is 7.82. The van der Waals surface area contributed by atoms with Gasteiger partial charge in [-0.2, -0.15) is 0 Å². The Morgan fingerprint density at radius 2 is 1.85 bits per heavy atom. The number of nitrogens with one attached hydrogen (secondary N) is 3. The lowest BCUT2D eigenvalue weighted by atomic mass is 9.89. The predicted octanol–water partition coefficient (Wildman–Crippen LogP) is 2.81. The third-order valence-corrected chi connectivity index (χ3v) is 5.77. The molecule has 2 amide bonds. The van der Waals surface area contributed by atoms with Crippen LogP contribution >= 0.6 is 11.8 Å². The van der Waals surface area contributed by atoms with E-state index in [1.807, 2.05) is 31.3 Å². The lowest BCUT2D eigenvalue weighted by Gasteiger charge is -2.21. The van der Waals surface area contributed by atoms with Gasteiger partial charge < -0.3 is 16.0 Å². The molecule has 5 nitrogen and oxygen atoms in total. The van der Waals surface area contributed by atoms with Gasteiger partial charge in [-0.25, -0.2) is 0 Å². The zero-order valence-electron chi connectivity index (χ0n) is 15.7. The van der Waals surface area contributed by atoms with Crippen molar-refractivity contribution in [2.24, 2.45) is 5.92 Å². The molecule has 6 heteroatoms. The first kappa shape index (κ1) is 20.8. The van der Waals surface area contributed by atoms with Gasteiger partial charge >= 0.3 is 0 Å². The number of carbonyl (C=O) groups is 2. The first-order valence-corrected chi connectivity index (χ1v) is 10.6. The maximum Gasteiger partial charge on any atom is 0.252 e. The molecule has 0 radical (unpaired) electrons. The highest BCUT2D eigenvalue weighted by molar-refractivity contribution is 8.00. The summed E-state index contributed by atoms with van der Waals surface area (Å²) in [6, 6.07) is 7.48. The highest BCUT2D eigenvalue weighted by Crippen LogP contribution is 2.24. The monoisotopic (exact) mass is 377 g/mol. The van der Waals surface area contributed by atoms with E-state index in [0.29, 0.717) is 23.8 Å². The molecule has 1 fully saturated rings. The van der Waals surface area contributed by atoms with Gasteiger partial charge in [0.15, 0.2) is 0 Å². The van der Waals surface area contributed by atoms with Crippen molar-refractivity contribution in [3.8, 4) is 0 Å². The minimum absolute atomic E-state index is 0.0461. The van der Waals surface area contributed by atoms with Crippen molar-refractivity contribution in [2.45, 2.75) is 43.4 Å². The summed E-state index contributed by atoms with van der Waals surface area (Å²) in [6.07, 6.45) is 7.24. The van der Waals surface area contributed by atoms with Crippen LogP contribution in [0.2, 0.25) is 0 Å². The second kappa shape index (κ2) is 12.0. The topological polar surface area (TPSA) is 70.2 Å². The normalized spacial score (nSPS) is 14.8. The molecular formula is C20H31N3O2S. The first-order chi connectivity index (χ1) is 12.7. The van der Waals surface area contributed by atoms with Gasteiger partial charge in [0, 0.05) is 18.0 Å². The summed E-state index contributed by atoms with van der Waals surface area (Å²) in [5, 5.41) is 9.05. The van der Waals surface area contributed by atoms with Crippen molar-refractivity contribution >= 4 is 23.6 Å². The molecule has 3 N–H and O–H groups in total. The quantitative estimate of drug-likeness (QED) is 0.433. The fourth-order valence-corrected chi connectivity index (χ4v) is 4.07. The van der Waals surface area contributed by atoms with Crippen LogP contribution in [0.25, 0.3) is 0 Å². The van der Waals surface area contributed by atoms with Gasteiger partial charge in [-0.1, -0.05) is 31.4 Å². The van der Waals surface area contributed by atoms with Crippen LogP contribution < -0.4 is 16.0 Å². The van der Waals surface area contributed by atoms with Gasteiger partial charge in [0.05, 0.1) is 11.3 Å². The number of amides is 2. The van der Waals surface area contributed by atoms with Crippen LogP contribution in [0.1, 0.15) is 48.9 Å². The summed E-state index contributed by atoms with van der Waals surface area (Å²) in [5.41, 5.74) is 0.641. The Morgan fingerprint density at radius 3 is 2.62 bits per heavy atom. The van der Waals surface area contributed by atoms with Crippen LogP contribution in [-0.2, 0) is 4.79 Å². The Kier molecular flexibility index (Phi) is 9.56. The van der Waals surface area contributed by atoms with Crippen LogP contribution in [0.3, 0.4) is 0 Å². The molecule has 1 aliphatic rings. The molecule has 0 unspecified atom stereocenters. The van der Waals surface area contributed by atoms with Crippen LogP contribution in [0.5, 0.6) is 0 Å². The fraction of sp³-hybridized carbons (Fsp3) is 0.600. The number of hydrogen-bond acceptors (Lipinski definition) is 4. The standard InChI is InChI=1S/C20H31N3O2S/c1-21-12-7-13-22-20(25)17-10-5-6-11-18(17)26-15-19(24)23-14-16-8-3-2-4-9-16/h5-6,10-11,16,21H,2-4,7-9,12-15H2,1H3,(H,22,25)(H,23,24). The highest BCUT2D eigenvalue weighted by Gasteiger charge is 2.15. The molecule has 0 aromatic heterocycles. The van der Waals surface area contributed by atoms with E-state index in [1.165, 1.54) is 43.9 Å². The molecule has 26 heavy (non-hydrogen) atoms. The summed E-state index contributed by atoms with van der Waals surface area (Å²) < 4.78 is 0. The minimum atomic E-state index is -0.0770. The van der Waals surface area contributed by atoms with Gasteiger partial charge in [0.1, 0.15) is 0 Å². The number of thioether (sulfide) groups is 1. The summed E-state index contributed by atoms with van der Waals surface area (Å²) in [5.74, 6) is 0.946. The average molecular weight is 378 g/mol. The van der Waals surface area contributed by atoms with Crippen molar-refractivity contribution < 1.29 is 9.59 Å². The van der Waals surface area contributed by atoms with Crippen molar-refractivity contribution in [3.05, 3.63) is 29.8 Å². The number of rotatable bonds is 10. The Bertz CT molecular complexity index is 574. The van der Waals surface area contributed by atoms with Gasteiger partial charge in [-0.15, -0.1) is 11.8 Å². The lowest BCUT2D eigenvalue weighted by Crippen LogP contribution is -2.31. The maximum atomic E-state index is 12.4. The van der Waals surface area contributed by atoms with E-state index in [1.54, 1.807) is 0 Å². The summed E-state index contributed by atoms with van der Waals surface area (Å²) in [4.78, 5) is 25.4. The third-order valence-electron chi connectivity index (χ3n) is 4.69. The Labute approximate surface area is 161 Å². The van der Waals surface area contributed by atoms with Crippen LogP contribution in [0.4, 0.5) is 0 Å². The van der Waals surface area contributed by atoms with E-state index >= 15 is 0 Å². The molecule has 0 aliphatic heterocycles. The van der Waals surface area contributed by atoms with Crippen molar-refractivity contribution in [1.82, 2.24) is 16.0 Å². The molecular weight excluding hydrogens is 346 g/mol.